The zero-order valence-electron chi connectivity index (χ0n) is 17.1. The van der Waals surface area contributed by atoms with Gasteiger partial charge in [-0.1, -0.05) is 98.3 Å². The Morgan fingerprint density at radius 2 is 1.25 bits per heavy atom. The topological polar surface area (TPSA) is 26.3 Å². The van der Waals surface area contributed by atoms with Gasteiger partial charge in [-0.15, -0.1) is 0 Å². The number of carbonyl (C=O) groups excluding carboxylic acids is 1. The van der Waals surface area contributed by atoms with E-state index in [1.807, 2.05) is 0 Å². The molecule has 2 heteroatoms. The number of rotatable bonds is 17. The fourth-order valence-electron chi connectivity index (χ4n) is 3.24. The van der Waals surface area contributed by atoms with Crippen LogP contribution >= 0.6 is 0 Å². The minimum atomic E-state index is 0.0513. The van der Waals surface area contributed by atoms with Crippen LogP contribution in [0.3, 0.4) is 0 Å². The van der Waals surface area contributed by atoms with Gasteiger partial charge in [0.15, 0.2) is 0 Å². The molecular formula is C22H44O2. The first-order chi connectivity index (χ1) is 11.7. The van der Waals surface area contributed by atoms with Gasteiger partial charge in [0.2, 0.25) is 0 Å². The molecule has 0 radical (unpaired) electrons. The molecule has 2 unspecified atom stereocenters. The molecule has 0 aliphatic carbocycles. The fourth-order valence-corrected chi connectivity index (χ4v) is 3.24. The summed E-state index contributed by atoms with van der Waals surface area (Å²) in [5.41, 5.74) is 0. The summed E-state index contributed by atoms with van der Waals surface area (Å²) in [6.45, 7) is 9.45. The Morgan fingerprint density at radius 3 is 1.83 bits per heavy atom. The first-order valence-corrected chi connectivity index (χ1v) is 10.9. The molecule has 0 aliphatic heterocycles. The van der Waals surface area contributed by atoms with Crippen molar-refractivity contribution in [3.8, 4) is 0 Å². The lowest BCUT2D eigenvalue weighted by Crippen LogP contribution is -2.21. The first kappa shape index (κ1) is 23.5. The molecule has 0 fully saturated rings. The average molecular weight is 341 g/mol. The van der Waals surface area contributed by atoms with Gasteiger partial charge in [0.1, 0.15) is 0 Å². The second kappa shape index (κ2) is 17.3. The summed E-state index contributed by atoms with van der Waals surface area (Å²) in [5, 5.41) is 0. The molecular weight excluding hydrogens is 296 g/mol. The summed E-state index contributed by atoms with van der Waals surface area (Å²) >= 11 is 0. The largest absolute Gasteiger partial charge is 0.465 e. The maximum absolute atomic E-state index is 12.3. The predicted octanol–water partition coefficient (Wildman–Crippen LogP) is 7.30. The van der Waals surface area contributed by atoms with Crippen molar-refractivity contribution in [2.45, 2.75) is 118 Å². The van der Waals surface area contributed by atoms with Crippen LogP contribution in [0.25, 0.3) is 0 Å². The van der Waals surface area contributed by atoms with Crippen molar-refractivity contribution in [3.63, 3.8) is 0 Å². The molecule has 2 atom stereocenters. The van der Waals surface area contributed by atoms with E-state index in [1.54, 1.807) is 0 Å². The van der Waals surface area contributed by atoms with E-state index in [0.29, 0.717) is 12.5 Å². The van der Waals surface area contributed by atoms with Crippen molar-refractivity contribution in [2.24, 2.45) is 11.8 Å². The van der Waals surface area contributed by atoms with Gasteiger partial charge in [-0.2, -0.15) is 0 Å². The van der Waals surface area contributed by atoms with E-state index in [1.165, 1.54) is 64.2 Å². The Morgan fingerprint density at radius 1 is 0.708 bits per heavy atom. The lowest BCUT2D eigenvalue weighted by Gasteiger charge is -2.18. The van der Waals surface area contributed by atoms with Crippen LogP contribution in [-0.4, -0.2) is 12.6 Å². The highest BCUT2D eigenvalue weighted by atomic mass is 16.5. The van der Waals surface area contributed by atoms with Gasteiger partial charge < -0.3 is 4.74 Å². The Balaban J connectivity index is 3.87. The van der Waals surface area contributed by atoms with Crippen molar-refractivity contribution in [3.05, 3.63) is 0 Å². The van der Waals surface area contributed by atoms with Gasteiger partial charge in [-0.3, -0.25) is 4.79 Å². The van der Waals surface area contributed by atoms with Crippen LogP contribution in [0.1, 0.15) is 118 Å². The standard InChI is InChI=1S/C22H44O2/c1-5-9-11-13-14-15-17-20(7-3)19-24-22(23)21(8-4)18-16-12-10-6-2/h20-21H,5-19H2,1-4H3. The van der Waals surface area contributed by atoms with Crippen LogP contribution in [0.2, 0.25) is 0 Å². The summed E-state index contributed by atoms with van der Waals surface area (Å²) in [6.07, 6.45) is 17.2. The van der Waals surface area contributed by atoms with E-state index in [0.717, 1.165) is 25.7 Å². The number of unbranched alkanes of at least 4 members (excludes halogenated alkanes) is 8. The molecule has 2 nitrogen and oxygen atoms in total. The van der Waals surface area contributed by atoms with E-state index < -0.39 is 0 Å². The lowest BCUT2D eigenvalue weighted by atomic mass is 9.97. The molecule has 144 valence electrons. The molecule has 0 spiro atoms. The molecule has 24 heavy (non-hydrogen) atoms. The summed E-state index contributed by atoms with van der Waals surface area (Å²) in [5.74, 6) is 0.724. The van der Waals surface area contributed by atoms with Gasteiger partial charge in [-0.05, 0) is 25.2 Å². The summed E-state index contributed by atoms with van der Waals surface area (Å²) < 4.78 is 5.66. The second-order valence-electron chi connectivity index (χ2n) is 7.42. The fraction of sp³-hybridized carbons (Fsp3) is 0.955. The molecule has 0 rings (SSSR count). The first-order valence-electron chi connectivity index (χ1n) is 10.9. The maximum Gasteiger partial charge on any atom is 0.308 e. The molecule has 0 amide bonds. The summed E-state index contributed by atoms with van der Waals surface area (Å²) in [4.78, 5) is 12.3. The van der Waals surface area contributed by atoms with Crippen molar-refractivity contribution in [2.75, 3.05) is 6.61 Å². The van der Waals surface area contributed by atoms with E-state index in [9.17, 15) is 4.79 Å². The number of esters is 1. The van der Waals surface area contributed by atoms with E-state index in [-0.39, 0.29) is 11.9 Å². The van der Waals surface area contributed by atoms with Crippen LogP contribution in [0.5, 0.6) is 0 Å². The Kier molecular flexibility index (Phi) is 16.9. The minimum Gasteiger partial charge on any atom is -0.465 e. The van der Waals surface area contributed by atoms with Crippen molar-refractivity contribution >= 4 is 5.97 Å². The number of ether oxygens (including phenoxy) is 1. The molecule has 0 bridgehead atoms. The smallest absolute Gasteiger partial charge is 0.308 e. The zero-order chi connectivity index (χ0) is 18.0. The second-order valence-corrected chi connectivity index (χ2v) is 7.42. The van der Waals surface area contributed by atoms with E-state index in [2.05, 4.69) is 27.7 Å². The Bertz CT molecular complexity index is 275. The Hall–Kier alpha value is -0.530. The molecule has 0 aromatic rings. The third-order valence-corrected chi connectivity index (χ3v) is 5.24. The molecule has 0 saturated carbocycles. The van der Waals surface area contributed by atoms with Gasteiger partial charge in [0.25, 0.3) is 0 Å². The quantitative estimate of drug-likeness (QED) is 0.205. The highest BCUT2D eigenvalue weighted by Gasteiger charge is 2.19. The van der Waals surface area contributed by atoms with Crippen molar-refractivity contribution in [1.82, 2.24) is 0 Å². The van der Waals surface area contributed by atoms with Crippen LogP contribution < -0.4 is 0 Å². The number of hydrogen-bond donors (Lipinski definition) is 0. The van der Waals surface area contributed by atoms with Gasteiger partial charge in [0.05, 0.1) is 12.5 Å². The predicted molar refractivity (Wildman–Crippen MR) is 105 cm³/mol. The third kappa shape index (κ3) is 12.8. The molecule has 0 heterocycles. The van der Waals surface area contributed by atoms with Gasteiger partial charge >= 0.3 is 5.97 Å². The third-order valence-electron chi connectivity index (χ3n) is 5.24. The number of hydrogen-bond acceptors (Lipinski definition) is 2. The van der Waals surface area contributed by atoms with Crippen LogP contribution in [-0.2, 0) is 9.53 Å². The lowest BCUT2D eigenvalue weighted by molar-refractivity contribution is -0.150. The normalized spacial score (nSPS) is 13.7. The van der Waals surface area contributed by atoms with E-state index >= 15 is 0 Å². The van der Waals surface area contributed by atoms with Crippen molar-refractivity contribution in [1.29, 1.82) is 0 Å². The zero-order valence-corrected chi connectivity index (χ0v) is 17.1. The SMILES string of the molecule is CCCCCCCCC(CC)COC(=O)C(CC)CCCCCC. The van der Waals surface area contributed by atoms with Crippen LogP contribution in [0.4, 0.5) is 0 Å². The van der Waals surface area contributed by atoms with Crippen LogP contribution in [0.15, 0.2) is 0 Å². The number of carbonyl (C=O) groups is 1. The summed E-state index contributed by atoms with van der Waals surface area (Å²) in [6, 6.07) is 0. The average Bonchev–Trinajstić information content (AvgIpc) is 2.60. The Labute approximate surface area is 152 Å². The summed E-state index contributed by atoms with van der Waals surface area (Å²) in [7, 11) is 0. The molecule has 0 aromatic heterocycles. The maximum atomic E-state index is 12.3. The highest BCUT2D eigenvalue weighted by Crippen LogP contribution is 2.19. The molecule has 0 aliphatic rings. The van der Waals surface area contributed by atoms with E-state index in [4.69, 9.17) is 4.74 Å². The monoisotopic (exact) mass is 340 g/mol. The molecule has 0 N–H and O–H groups in total. The van der Waals surface area contributed by atoms with Crippen molar-refractivity contribution < 1.29 is 9.53 Å². The molecule has 0 aromatic carbocycles. The van der Waals surface area contributed by atoms with Gasteiger partial charge in [0, 0.05) is 0 Å². The van der Waals surface area contributed by atoms with Gasteiger partial charge in [-0.25, -0.2) is 0 Å². The molecule has 0 saturated heterocycles. The highest BCUT2D eigenvalue weighted by molar-refractivity contribution is 5.72. The minimum absolute atomic E-state index is 0.0513. The van der Waals surface area contributed by atoms with Crippen LogP contribution in [0, 0.1) is 11.8 Å².